The summed E-state index contributed by atoms with van der Waals surface area (Å²) in [6.07, 6.45) is 8.84. The van der Waals surface area contributed by atoms with Crippen molar-refractivity contribution in [3.05, 3.63) is 29.0 Å². The number of pyridine rings is 1. The maximum Gasteiger partial charge on any atom is 0.0621 e. The molecule has 5 atom stereocenters. The van der Waals surface area contributed by atoms with Gasteiger partial charge in [0.05, 0.1) is 5.02 Å². The SMILES string of the molecule is Clc1cnccc1CC(Cl)C1C2C3CCC(C3)C12. The van der Waals surface area contributed by atoms with Gasteiger partial charge in [-0.15, -0.1) is 11.6 Å². The Balaban J connectivity index is 1.47. The molecule has 1 aromatic heterocycles. The molecule has 5 unspecified atom stereocenters. The molecule has 3 aliphatic carbocycles. The molecule has 3 heteroatoms. The van der Waals surface area contributed by atoms with Crippen LogP contribution in [0, 0.1) is 29.6 Å². The molecule has 4 rings (SSSR count). The summed E-state index contributed by atoms with van der Waals surface area (Å²) in [5.41, 5.74) is 1.16. The van der Waals surface area contributed by atoms with E-state index < -0.39 is 0 Å². The molecule has 1 aromatic rings. The van der Waals surface area contributed by atoms with Gasteiger partial charge in [-0.25, -0.2) is 0 Å². The molecule has 3 aliphatic rings. The van der Waals surface area contributed by atoms with Crippen molar-refractivity contribution in [2.75, 3.05) is 0 Å². The van der Waals surface area contributed by atoms with Crippen LogP contribution in [0.4, 0.5) is 0 Å². The monoisotopic (exact) mass is 281 g/mol. The Morgan fingerprint density at radius 2 is 2.00 bits per heavy atom. The van der Waals surface area contributed by atoms with E-state index in [4.69, 9.17) is 23.2 Å². The van der Waals surface area contributed by atoms with Crippen LogP contribution in [0.25, 0.3) is 0 Å². The summed E-state index contributed by atoms with van der Waals surface area (Å²) in [6, 6.07) is 2.00. The molecule has 0 radical (unpaired) electrons. The van der Waals surface area contributed by atoms with Gasteiger partial charge in [0.15, 0.2) is 0 Å². The van der Waals surface area contributed by atoms with Gasteiger partial charge in [-0.2, -0.15) is 0 Å². The van der Waals surface area contributed by atoms with Gasteiger partial charge in [0.25, 0.3) is 0 Å². The van der Waals surface area contributed by atoms with Gasteiger partial charge in [0.1, 0.15) is 0 Å². The first-order valence-electron chi connectivity index (χ1n) is 6.98. The fourth-order valence-corrected chi connectivity index (χ4v) is 5.49. The molecule has 1 nitrogen and oxygen atoms in total. The highest BCUT2D eigenvalue weighted by molar-refractivity contribution is 6.31. The number of alkyl halides is 1. The average Bonchev–Trinajstić information content (AvgIpc) is 2.82. The topological polar surface area (TPSA) is 12.9 Å². The van der Waals surface area contributed by atoms with Crippen LogP contribution >= 0.6 is 23.2 Å². The molecule has 0 amide bonds. The van der Waals surface area contributed by atoms with Gasteiger partial charge in [0, 0.05) is 17.8 Å². The first-order chi connectivity index (χ1) is 8.75. The van der Waals surface area contributed by atoms with Crippen molar-refractivity contribution < 1.29 is 0 Å². The molecule has 18 heavy (non-hydrogen) atoms. The molecule has 0 N–H and O–H groups in total. The van der Waals surface area contributed by atoms with E-state index >= 15 is 0 Å². The fourth-order valence-electron chi connectivity index (χ4n) is 4.79. The summed E-state index contributed by atoms with van der Waals surface area (Å²) in [5.74, 6) is 4.67. The van der Waals surface area contributed by atoms with Crippen molar-refractivity contribution in [3.63, 3.8) is 0 Å². The van der Waals surface area contributed by atoms with Crippen molar-refractivity contribution in [1.29, 1.82) is 0 Å². The minimum absolute atomic E-state index is 0.267. The summed E-state index contributed by atoms with van der Waals surface area (Å²) in [6.45, 7) is 0. The molecule has 0 aliphatic heterocycles. The standard InChI is InChI=1S/C15H17Cl2N/c16-11(6-8-3-4-18-7-12(8)17)15-13-9-1-2-10(5-9)14(13)15/h3-4,7,9-11,13-15H,1-2,5-6H2. The largest absolute Gasteiger partial charge is 0.263 e. The van der Waals surface area contributed by atoms with E-state index in [2.05, 4.69) is 4.98 Å². The summed E-state index contributed by atoms with van der Waals surface area (Å²) in [4.78, 5) is 4.03. The number of rotatable bonds is 3. The van der Waals surface area contributed by atoms with Gasteiger partial charge in [-0.05, 0) is 66.9 Å². The predicted molar refractivity (Wildman–Crippen MR) is 73.9 cm³/mol. The van der Waals surface area contributed by atoms with E-state index in [1.165, 1.54) is 19.3 Å². The van der Waals surface area contributed by atoms with Crippen LogP contribution in [-0.4, -0.2) is 10.4 Å². The lowest BCUT2D eigenvalue weighted by atomic mass is 9.97. The first kappa shape index (κ1) is 11.5. The van der Waals surface area contributed by atoms with E-state index in [1.54, 1.807) is 6.20 Å². The summed E-state index contributed by atoms with van der Waals surface area (Å²) in [7, 11) is 0. The summed E-state index contributed by atoms with van der Waals surface area (Å²) in [5, 5.41) is 1.03. The molecular formula is C15H17Cl2N. The van der Waals surface area contributed by atoms with E-state index in [-0.39, 0.29) is 5.38 Å². The third-order valence-electron chi connectivity index (χ3n) is 5.48. The number of halogens is 2. The molecule has 0 aromatic carbocycles. The number of fused-ring (bicyclic) bond motifs is 5. The minimum atomic E-state index is 0.267. The van der Waals surface area contributed by atoms with E-state index in [0.29, 0.717) is 0 Å². The molecule has 3 saturated carbocycles. The summed E-state index contributed by atoms with van der Waals surface area (Å²) >= 11 is 12.8. The lowest BCUT2D eigenvalue weighted by Gasteiger charge is -2.14. The second kappa shape index (κ2) is 4.11. The van der Waals surface area contributed by atoms with Crippen molar-refractivity contribution in [2.24, 2.45) is 29.6 Å². The number of hydrogen-bond acceptors (Lipinski definition) is 1. The Bertz CT molecular complexity index is 459. The van der Waals surface area contributed by atoms with Gasteiger partial charge >= 0.3 is 0 Å². The minimum Gasteiger partial charge on any atom is -0.263 e. The predicted octanol–water partition coefficient (Wildman–Crippen LogP) is 4.18. The zero-order valence-electron chi connectivity index (χ0n) is 10.2. The maximum absolute atomic E-state index is 6.67. The van der Waals surface area contributed by atoms with Crippen molar-refractivity contribution in [2.45, 2.75) is 31.1 Å². The van der Waals surface area contributed by atoms with Crippen LogP contribution in [0.1, 0.15) is 24.8 Å². The molecule has 2 bridgehead atoms. The van der Waals surface area contributed by atoms with Crippen molar-refractivity contribution in [1.82, 2.24) is 4.98 Å². The molecular weight excluding hydrogens is 265 g/mol. The Morgan fingerprint density at radius 3 is 2.67 bits per heavy atom. The van der Waals surface area contributed by atoms with Crippen molar-refractivity contribution in [3.8, 4) is 0 Å². The zero-order chi connectivity index (χ0) is 12.3. The zero-order valence-corrected chi connectivity index (χ0v) is 11.7. The van der Waals surface area contributed by atoms with Crippen LogP contribution in [0.15, 0.2) is 18.5 Å². The van der Waals surface area contributed by atoms with Gasteiger partial charge in [-0.1, -0.05) is 11.6 Å². The second-order valence-corrected chi connectivity index (χ2v) is 7.22. The van der Waals surface area contributed by atoms with Gasteiger partial charge in [-0.3, -0.25) is 4.98 Å². The van der Waals surface area contributed by atoms with E-state index in [9.17, 15) is 0 Å². The van der Waals surface area contributed by atoms with Gasteiger partial charge in [0.2, 0.25) is 0 Å². The molecule has 0 saturated heterocycles. The third kappa shape index (κ3) is 1.63. The van der Waals surface area contributed by atoms with Gasteiger partial charge < -0.3 is 0 Å². The van der Waals surface area contributed by atoms with Crippen LogP contribution in [0.2, 0.25) is 5.02 Å². The number of aromatic nitrogens is 1. The van der Waals surface area contributed by atoms with Crippen LogP contribution < -0.4 is 0 Å². The lowest BCUT2D eigenvalue weighted by molar-refractivity contribution is 0.449. The molecule has 0 spiro atoms. The Morgan fingerprint density at radius 1 is 1.28 bits per heavy atom. The third-order valence-corrected chi connectivity index (χ3v) is 6.27. The highest BCUT2D eigenvalue weighted by atomic mass is 35.5. The van der Waals surface area contributed by atoms with Crippen LogP contribution in [0.3, 0.4) is 0 Å². The lowest BCUT2D eigenvalue weighted by Crippen LogP contribution is -2.13. The van der Waals surface area contributed by atoms with E-state index in [1.807, 2.05) is 12.3 Å². The Labute approximate surface area is 118 Å². The quantitative estimate of drug-likeness (QED) is 0.758. The molecule has 96 valence electrons. The number of hydrogen-bond donors (Lipinski definition) is 0. The highest BCUT2D eigenvalue weighted by Gasteiger charge is 2.66. The summed E-state index contributed by atoms with van der Waals surface area (Å²) < 4.78 is 0. The highest BCUT2D eigenvalue weighted by Crippen LogP contribution is 2.71. The van der Waals surface area contributed by atoms with E-state index in [0.717, 1.165) is 46.6 Å². The molecule has 1 heterocycles. The maximum atomic E-state index is 6.67. The van der Waals surface area contributed by atoms with Crippen LogP contribution in [-0.2, 0) is 6.42 Å². The number of nitrogens with zero attached hydrogens (tertiary/aromatic N) is 1. The molecule has 3 fully saturated rings. The van der Waals surface area contributed by atoms with Crippen molar-refractivity contribution >= 4 is 23.2 Å². The average molecular weight is 282 g/mol. The smallest absolute Gasteiger partial charge is 0.0621 e. The Kier molecular flexibility index (Phi) is 2.64. The Hall–Kier alpha value is -0.270. The first-order valence-corrected chi connectivity index (χ1v) is 7.79. The normalized spacial score (nSPS) is 41.8. The second-order valence-electron chi connectivity index (χ2n) is 6.25. The fraction of sp³-hybridized carbons (Fsp3) is 0.667. The van der Waals surface area contributed by atoms with Crippen LogP contribution in [0.5, 0.6) is 0 Å².